The zero-order chi connectivity index (χ0) is 15.4. The van der Waals surface area contributed by atoms with Crippen LogP contribution in [0.5, 0.6) is 0 Å². The molecular formula is C14H16Br2N2O3. The van der Waals surface area contributed by atoms with Crippen molar-refractivity contribution in [2.45, 2.75) is 31.7 Å². The lowest BCUT2D eigenvalue weighted by atomic mass is 9.86. The Bertz CT molecular complexity index is 543. The Hall–Kier alpha value is -1.08. The third-order valence-corrected chi connectivity index (χ3v) is 4.74. The van der Waals surface area contributed by atoms with Crippen LogP contribution in [0.4, 0.5) is 10.5 Å². The lowest BCUT2D eigenvalue weighted by molar-refractivity contribution is -0.142. The van der Waals surface area contributed by atoms with E-state index in [9.17, 15) is 9.59 Å². The number of hydrogen-bond donors (Lipinski definition) is 3. The maximum atomic E-state index is 12.0. The predicted molar refractivity (Wildman–Crippen MR) is 87.4 cm³/mol. The van der Waals surface area contributed by atoms with Crippen LogP contribution in [0, 0.1) is 5.92 Å². The minimum atomic E-state index is -0.739. The fraction of sp³-hybridized carbons (Fsp3) is 0.429. The van der Waals surface area contributed by atoms with E-state index < -0.39 is 5.97 Å². The van der Waals surface area contributed by atoms with Gasteiger partial charge in [0.1, 0.15) is 0 Å². The monoisotopic (exact) mass is 418 g/mol. The molecule has 1 aromatic carbocycles. The number of urea groups is 1. The molecule has 1 aromatic rings. The molecule has 0 aliphatic heterocycles. The first kappa shape index (κ1) is 16.3. The number of carboxylic acids is 1. The molecular weight excluding hydrogens is 404 g/mol. The summed E-state index contributed by atoms with van der Waals surface area (Å²) in [5, 5.41) is 14.6. The van der Waals surface area contributed by atoms with Crippen molar-refractivity contribution in [3.05, 3.63) is 27.1 Å². The molecule has 2 amide bonds. The van der Waals surface area contributed by atoms with Crippen LogP contribution in [0.2, 0.25) is 0 Å². The molecule has 0 bridgehead atoms. The van der Waals surface area contributed by atoms with E-state index in [0.717, 1.165) is 8.95 Å². The molecule has 0 aromatic heterocycles. The molecule has 2 rings (SSSR count). The molecule has 0 saturated heterocycles. The Labute approximate surface area is 139 Å². The van der Waals surface area contributed by atoms with Gasteiger partial charge in [-0.15, -0.1) is 0 Å². The Morgan fingerprint density at radius 3 is 2.38 bits per heavy atom. The third kappa shape index (κ3) is 4.71. The minimum Gasteiger partial charge on any atom is -0.481 e. The van der Waals surface area contributed by atoms with Gasteiger partial charge in [-0.25, -0.2) is 4.79 Å². The number of carbonyl (C=O) groups is 2. The smallest absolute Gasteiger partial charge is 0.319 e. The SMILES string of the molecule is O=C(Nc1ccc(Br)cc1Br)NC1CCC(C(=O)O)CC1. The molecule has 0 radical (unpaired) electrons. The van der Waals surface area contributed by atoms with Gasteiger partial charge in [0.2, 0.25) is 0 Å². The number of hydrogen-bond acceptors (Lipinski definition) is 2. The molecule has 7 heteroatoms. The van der Waals surface area contributed by atoms with Gasteiger partial charge in [0.25, 0.3) is 0 Å². The zero-order valence-corrected chi connectivity index (χ0v) is 14.4. The van der Waals surface area contributed by atoms with Gasteiger partial charge in [-0.05, 0) is 59.8 Å². The van der Waals surface area contributed by atoms with Gasteiger partial charge in [0.05, 0.1) is 11.6 Å². The second-order valence-electron chi connectivity index (χ2n) is 5.11. The Morgan fingerprint density at radius 1 is 1.14 bits per heavy atom. The van der Waals surface area contributed by atoms with Crippen LogP contribution in [0.25, 0.3) is 0 Å². The minimum absolute atomic E-state index is 0.0369. The molecule has 0 unspecified atom stereocenters. The van der Waals surface area contributed by atoms with E-state index in [4.69, 9.17) is 5.11 Å². The highest BCUT2D eigenvalue weighted by molar-refractivity contribution is 9.11. The van der Waals surface area contributed by atoms with Crippen molar-refractivity contribution in [1.82, 2.24) is 5.32 Å². The van der Waals surface area contributed by atoms with E-state index in [0.29, 0.717) is 31.4 Å². The highest BCUT2D eigenvalue weighted by Crippen LogP contribution is 2.27. The first-order valence-corrected chi connectivity index (χ1v) is 8.29. The molecule has 1 saturated carbocycles. The van der Waals surface area contributed by atoms with E-state index >= 15 is 0 Å². The topological polar surface area (TPSA) is 78.4 Å². The zero-order valence-electron chi connectivity index (χ0n) is 11.2. The second-order valence-corrected chi connectivity index (χ2v) is 6.88. The van der Waals surface area contributed by atoms with E-state index in [1.54, 1.807) is 6.07 Å². The number of carboxylic acid groups (broad SMARTS) is 1. The highest BCUT2D eigenvalue weighted by atomic mass is 79.9. The van der Waals surface area contributed by atoms with Crippen LogP contribution in [0.1, 0.15) is 25.7 Å². The summed E-state index contributed by atoms with van der Waals surface area (Å²) < 4.78 is 1.72. The molecule has 5 nitrogen and oxygen atoms in total. The van der Waals surface area contributed by atoms with Crippen LogP contribution in [-0.2, 0) is 4.79 Å². The molecule has 0 atom stereocenters. The van der Waals surface area contributed by atoms with E-state index in [1.165, 1.54) is 0 Å². The van der Waals surface area contributed by atoms with Gasteiger partial charge in [0.15, 0.2) is 0 Å². The number of anilines is 1. The number of halogens is 2. The van der Waals surface area contributed by atoms with Gasteiger partial charge in [-0.2, -0.15) is 0 Å². The number of rotatable bonds is 3. The fourth-order valence-electron chi connectivity index (χ4n) is 2.42. The van der Waals surface area contributed by atoms with Crippen LogP contribution >= 0.6 is 31.9 Å². The molecule has 1 fully saturated rings. The lowest BCUT2D eigenvalue weighted by Gasteiger charge is -2.26. The van der Waals surface area contributed by atoms with Crippen molar-refractivity contribution < 1.29 is 14.7 Å². The highest BCUT2D eigenvalue weighted by Gasteiger charge is 2.26. The Morgan fingerprint density at radius 2 is 1.81 bits per heavy atom. The molecule has 114 valence electrons. The number of benzene rings is 1. The first-order valence-electron chi connectivity index (χ1n) is 6.71. The summed E-state index contributed by atoms with van der Waals surface area (Å²) in [5.41, 5.74) is 0.690. The van der Waals surface area contributed by atoms with Gasteiger partial charge < -0.3 is 15.7 Å². The third-order valence-electron chi connectivity index (χ3n) is 3.59. The summed E-state index contributed by atoms with van der Waals surface area (Å²) in [7, 11) is 0. The Kier molecular flexibility index (Phi) is 5.64. The summed E-state index contributed by atoms with van der Waals surface area (Å²) in [6.45, 7) is 0. The van der Waals surface area contributed by atoms with Crippen LogP contribution < -0.4 is 10.6 Å². The summed E-state index contributed by atoms with van der Waals surface area (Å²) in [4.78, 5) is 22.8. The quantitative estimate of drug-likeness (QED) is 0.693. The summed E-state index contributed by atoms with van der Waals surface area (Å²) in [6.07, 6.45) is 2.63. The number of amides is 2. The molecule has 0 spiro atoms. The number of nitrogens with one attached hydrogen (secondary N) is 2. The van der Waals surface area contributed by atoms with Crippen molar-refractivity contribution in [3.63, 3.8) is 0 Å². The first-order chi connectivity index (χ1) is 9.95. The van der Waals surface area contributed by atoms with Crippen molar-refractivity contribution in [2.75, 3.05) is 5.32 Å². The average Bonchev–Trinajstić information content (AvgIpc) is 2.42. The van der Waals surface area contributed by atoms with Crippen LogP contribution in [0.15, 0.2) is 27.1 Å². The lowest BCUT2D eigenvalue weighted by Crippen LogP contribution is -2.41. The van der Waals surface area contributed by atoms with E-state index in [2.05, 4.69) is 42.5 Å². The fourth-order valence-corrected chi connectivity index (χ4v) is 3.57. The van der Waals surface area contributed by atoms with Crippen LogP contribution in [0.3, 0.4) is 0 Å². The van der Waals surface area contributed by atoms with E-state index in [1.807, 2.05) is 12.1 Å². The Balaban J connectivity index is 1.84. The molecule has 21 heavy (non-hydrogen) atoms. The molecule has 1 aliphatic carbocycles. The molecule has 1 aliphatic rings. The predicted octanol–water partition coefficient (Wildman–Crippen LogP) is 3.98. The van der Waals surface area contributed by atoms with Crippen LogP contribution in [-0.4, -0.2) is 23.1 Å². The van der Waals surface area contributed by atoms with E-state index in [-0.39, 0.29) is 18.0 Å². The largest absolute Gasteiger partial charge is 0.481 e. The second kappa shape index (κ2) is 7.26. The van der Waals surface area contributed by atoms with Gasteiger partial charge in [-0.1, -0.05) is 15.9 Å². The number of carbonyl (C=O) groups excluding carboxylic acids is 1. The maximum Gasteiger partial charge on any atom is 0.319 e. The van der Waals surface area contributed by atoms with Gasteiger partial charge in [-0.3, -0.25) is 4.79 Å². The van der Waals surface area contributed by atoms with Crippen molar-refractivity contribution in [2.24, 2.45) is 5.92 Å². The van der Waals surface area contributed by atoms with Gasteiger partial charge in [0, 0.05) is 15.0 Å². The van der Waals surface area contributed by atoms with Gasteiger partial charge >= 0.3 is 12.0 Å². The molecule has 3 N–H and O–H groups in total. The van der Waals surface area contributed by atoms with Crippen molar-refractivity contribution in [1.29, 1.82) is 0 Å². The molecule has 0 heterocycles. The average molecular weight is 420 g/mol. The maximum absolute atomic E-state index is 12.0. The van der Waals surface area contributed by atoms with Crippen molar-refractivity contribution >= 4 is 49.5 Å². The van der Waals surface area contributed by atoms with Crippen molar-refractivity contribution in [3.8, 4) is 0 Å². The number of aliphatic carboxylic acids is 1. The summed E-state index contributed by atoms with van der Waals surface area (Å²) in [5.74, 6) is -1.01. The summed E-state index contributed by atoms with van der Waals surface area (Å²) >= 11 is 6.74. The summed E-state index contributed by atoms with van der Waals surface area (Å²) in [6, 6.07) is 5.27. The standard InChI is InChI=1S/C14H16Br2N2O3/c15-9-3-6-12(11(16)7-9)18-14(21)17-10-4-1-8(2-5-10)13(19)20/h3,6-8,10H,1-2,4-5H2,(H,19,20)(H2,17,18,21). The normalized spacial score (nSPS) is 21.6.